The first-order valence-electron chi connectivity index (χ1n) is 6.62. The molecule has 0 amide bonds. The molecule has 0 bridgehead atoms. The smallest absolute Gasteiger partial charge is 0.231 e. The van der Waals surface area contributed by atoms with Gasteiger partial charge >= 0.3 is 0 Å². The van der Waals surface area contributed by atoms with Gasteiger partial charge in [0.15, 0.2) is 11.5 Å². The van der Waals surface area contributed by atoms with E-state index in [1.165, 1.54) is 18.4 Å². The molecular weight excluding hydrogens is 310 g/mol. The number of ether oxygens (including phenoxy) is 2. The minimum Gasteiger partial charge on any atom is -0.454 e. The summed E-state index contributed by atoms with van der Waals surface area (Å²) in [6.07, 6.45) is 3.36. The van der Waals surface area contributed by atoms with Crippen molar-refractivity contribution in [1.82, 2.24) is 5.32 Å². The number of nitrogens with one attached hydrogen (secondary N) is 1. The maximum atomic E-state index is 9.04. The quantitative estimate of drug-likeness (QED) is 0.842. The normalized spacial score (nSPS) is 18.6. The minimum atomic E-state index is 0.287. The van der Waals surface area contributed by atoms with E-state index >= 15 is 0 Å². The van der Waals surface area contributed by atoms with Crippen LogP contribution in [0.5, 0.6) is 11.5 Å². The van der Waals surface area contributed by atoms with E-state index < -0.39 is 0 Å². The zero-order valence-electron chi connectivity index (χ0n) is 10.7. The number of halogens is 1. The fourth-order valence-corrected chi connectivity index (χ4v) is 2.95. The first-order valence-corrected chi connectivity index (χ1v) is 7.41. The van der Waals surface area contributed by atoms with E-state index in [-0.39, 0.29) is 6.61 Å². The second-order valence-electron chi connectivity index (χ2n) is 5.37. The van der Waals surface area contributed by atoms with Gasteiger partial charge in [-0.25, -0.2) is 0 Å². The Labute approximate surface area is 121 Å². The number of hydrogen-bond acceptors (Lipinski definition) is 4. The Balaban J connectivity index is 1.58. The molecule has 1 aromatic rings. The monoisotopic (exact) mass is 327 g/mol. The minimum absolute atomic E-state index is 0.287. The lowest BCUT2D eigenvalue weighted by atomic mass is 10.0. The summed E-state index contributed by atoms with van der Waals surface area (Å²) in [5.74, 6) is 1.62. The van der Waals surface area contributed by atoms with Crippen molar-refractivity contribution < 1.29 is 14.6 Å². The molecule has 0 unspecified atom stereocenters. The molecule has 2 N–H and O–H groups in total. The van der Waals surface area contributed by atoms with Crippen LogP contribution in [0.3, 0.4) is 0 Å². The van der Waals surface area contributed by atoms with Gasteiger partial charge in [0.2, 0.25) is 6.79 Å². The Kier molecular flexibility index (Phi) is 3.69. The van der Waals surface area contributed by atoms with Crippen LogP contribution in [0.15, 0.2) is 16.6 Å². The third-order valence-electron chi connectivity index (χ3n) is 3.96. The van der Waals surface area contributed by atoms with Gasteiger partial charge in [0.25, 0.3) is 0 Å². The highest BCUT2D eigenvalue weighted by molar-refractivity contribution is 9.10. The van der Waals surface area contributed by atoms with Gasteiger partial charge in [-0.05, 0) is 42.4 Å². The summed E-state index contributed by atoms with van der Waals surface area (Å²) in [4.78, 5) is 0. The standard InChI is InChI=1S/C14H18BrNO3/c15-11-6-13-12(18-9-19-13)5-10(11)7-16-8-14(1-2-14)3-4-17/h5-6,16-17H,1-4,7-9H2. The van der Waals surface area contributed by atoms with Crippen LogP contribution in [0.2, 0.25) is 0 Å². The predicted octanol–water partition coefficient (Wildman–Crippen LogP) is 2.43. The van der Waals surface area contributed by atoms with Crippen molar-refractivity contribution in [3.8, 4) is 11.5 Å². The third kappa shape index (κ3) is 2.88. The molecule has 19 heavy (non-hydrogen) atoms. The van der Waals surface area contributed by atoms with Crippen LogP contribution >= 0.6 is 15.9 Å². The van der Waals surface area contributed by atoms with Crippen molar-refractivity contribution >= 4 is 15.9 Å². The number of hydrogen-bond donors (Lipinski definition) is 2. The Morgan fingerprint density at radius 2 is 2.00 bits per heavy atom. The van der Waals surface area contributed by atoms with Crippen LogP contribution in [-0.2, 0) is 6.54 Å². The molecule has 1 saturated carbocycles. The van der Waals surface area contributed by atoms with Crippen LogP contribution in [0, 0.1) is 5.41 Å². The first kappa shape index (κ1) is 13.2. The van der Waals surface area contributed by atoms with Crippen LogP contribution in [0.1, 0.15) is 24.8 Å². The molecule has 104 valence electrons. The summed E-state index contributed by atoms with van der Waals surface area (Å²) in [6.45, 7) is 2.35. The highest BCUT2D eigenvalue weighted by atomic mass is 79.9. The molecule has 1 fully saturated rings. The SMILES string of the molecule is OCCC1(CNCc2cc3c(cc2Br)OCO3)CC1. The van der Waals surface area contributed by atoms with Gasteiger partial charge in [-0.15, -0.1) is 0 Å². The molecular formula is C14H18BrNO3. The van der Waals surface area contributed by atoms with Gasteiger partial charge in [0.05, 0.1) is 0 Å². The molecule has 1 heterocycles. The molecule has 0 atom stereocenters. The number of benzene rings is 1. The lowest BCUT2D eigenvalue weighted by Gasteiger charge is -2.15. The fourth-order valence-electron chi connectivity index (χ4n) is 2.49. The molecule has 1 aliphatic carbocycles. The Bertz CT molecular complexity index is 474. The fraction of sp³-hybridized carbons (Fsp3) is 0.571. The molecule has 1 aromatic carbocycles. The summed E-state index contributed by atoms with van der Waals surface area (Å²) in [5, 5.41) is 12.5. The van der Waals surface area contributed by atoms with Gasteiger partial charge < -0.3 is 19.9 Å². The molecule has 0 aromatic heterocycles. The Morgan fingerprint density at radius 1 is 1.26 bits per heavy atom. The summed E-state index contributed by atoms with van der Waals surface area (Å²) in [7, 11) is 0. The van der Waals surface area contributed by atoms with Gasteiger partial charge in [0.1, 0.15) is 0 Å². The van der Waals surface area contributed by atoms with E-state index in [0.717, 1.165) is 35.5 Å². The van der Waals surface area contributed by atoms with Gasteiger partial charge in [-0.3, -0.25) is 0 Å². The van der Waals surface area contributed by atoms with Crippen molar-refractivity contribution in [3.63, 3.8) is 0 Å². The zero-order valence-corrected chi connectivity index (χ0v) is 12.3. The second-order valence-corrected chi connectivity index (χ2v) is 6.23. The summed E-state index contributed by atoms with van der Waals surface area (Å²) >= 11 is 3.56. The molecule has 0 spiro atoms. The maximum Gasteiger partial charge on any atom is 0.231 e. The highest BCUT2D eigenvalue weighted by Crippen LogP contribution is 2.48. The number of aliphatic hydroxyl groups excluding tert-OH is 1. The zero-order chi connectivity index (χ0) is 13.3. The van der Waals surface area contributed by atoms with E-state index in [2.05, 4.69) is 21.2 Å². The number of aliphatic hydroxyl groups is 1. The van der Waals surface area contributed by atoms with E-state index in [4.69, 9.17) is 14.6 Å². The van der Waals surface area contributed by atoms with E-state index in [0.29, 0.717) is 12.2 Å². The summed E-state index contributed by atoms with van der Waals surface area (Å²) < 4.78 is 11.8. The number of rotatable bonds is 6. The van der Waals surface area contributed by atoms with Gasteiger partial charge in [0, 0.05) is 24.2 Å². The molecule has 5 heteroatoms. The second kappa shape index (κ2) is 5.31. The molecule has 3 rings (SSSR count). The molecule has 4 nitrogen and oxygen atoms in total. The van der Waals surface area contributed by atoms with Gasteiger partial charge in [-0.1, -0.05) is 15.9 Å². The predicted molar refractivity (Wildman–Crippen MR) is 75.3 cm³/mol. The topological polar surface area (TPSA) is 50.7 Å². The molecule has 2 aliphatic rings. The maximum absolute atomic E-state index is 9.04. The van der Waals surface area contributed by atoms with Crippen molar-refractivity contribution in [1.29, 1.82) is 0 Å². The lowest BCUT2D eigenvalue weighted by Crippen LogP contribution is -2.24. The Morgan fingerprint density at radius 3 is 2.68 bits per heavy atom. The van der Waals surface area contributed by atoms with Crippen LogP contribution < -0.4 is 14.8 Å². The molecule has 1 aliphatic heterocycles. The van der Waals surface area contributed by atoms with Crippen molar-refractivity contribution in [2.45, 2.75) is 25.8 Å². The van der Waals surface area contributed by atoms with Crippen LogP contribution in [-0.4, -0.2) is 25.1 Å². The summed E-state index contributed by atoms with van der Waals surface area (Å²) in [6, 6.07) is 3.98. The van der Waals surface area contributed by atoms with Gasteiger partial charge in [-0.2, -0.15) is 0 Å². The summed E-state index contributed by atoms with van der Waals surface area (Å²) in [5.41, 5.74) is 1.52. The first-order chi connectivity index (χ1) is 9.22. The van der Waals surface area contributed by atoms with Crippen molar-refractivity contribution in [2.24, 2.45) is 5.41 Å². The van der Waals surface area contributed by atoms with Crippen LogP contribution in [0.25, 0.3) is 0 Å². The van der Waals surface area contributed by atoms with E-state index in [1.807, 2.05) is 12.1 Å². The lowest BCUT2D eigenvalue weighted by molar-refractivity contribution is 0.174. The van der Waals surface area contributed by atoms with E-state index in [9.17, 15) is 0 Å². The van der Waals surface area contributed by atoms with E-state index in [1.54, 1.807) is 0 Å². The molecule has 0 radical (unpaired) electrons. The van der Waals surface area contributed by atoms with Crippen molar-refractivity contribution in [3.05, 3.63) is 22.2 Å². The third-order valence-corrected chi connectivity index (χ3v) is 4.69. The average molecular weight is 328 g/mol. The highest BCUT2D eigenvalue weighted by Gasteiger charge is 2.41. The largest absolute Gasteiger partial charge is 0.454 e. The Hall–Kier alpha value is -0.780. The average Bonchev–Trinajstić information content (AvgIpc) is 2.99. The number of fused-ring (bicyclic) bond motifs is 1. The van der Waals surface area contributed by atoms with Crippen LogP contribution in [0.4, 0.5) is 0 Å². The molecule has 0 saturated heterocycles. The van der Waals surface area contributed by atoms with Crippen molar-refractivity contribution in [2.75, 3.05) is 19.9 Å².